The molecule has 19 heavy (non-hydrogen) atoms. The maximum Gasteiger partial charge on any atom is 0.0951 e. The van der Waals surface area contributed by atoms with E-state index in [-0.39, 0.29) is 5.60 Å². The van der Waals surface area contributed by atoms with Gasteiger partial charge in [-0.3, -0.25) is 0 Å². The minimum absolute atomic E-state index is 0.00928. The lowest BCUT2D eigenvalue weighted by atomic mass is 9.89. The number of imidazole rings is 1. The van der Waals surface area contributed by atoms with Gasteiger partial charge >= 0.3 is 0 Å². The minimum Gasteiger partial charge on any atom is -0.378 e. The molecular weight excluding hydrogens is 242 g/mol. The molecule has 1 aromatic heterocycles. The molecule has 0 radical (unpaired) electrons. The van der Waals surface area contributed by atoms with Crippen molar-refractivity contribution in [2.75, 3.05) is 19.8 Å². The molecule has 2 fully saturated rings. The molecule has 2 saturated heterocycles. The van der Waals surface area contributed by atoms with Crippen LogP contribution in [-0.4, -0.2) is 47.1 Å². The van der Waals surface area contributed by atoms with E-state index in [1.807, 2.05) is 18.7 Å². The lowest BCUT2D eigenvalue weighted by molar-refractivity contribution is -0.0903. The summed E-state index contributed by atoms with van der Waals surface area (Å²) in [5.41, 5.74) is -0.00928. The summed E-state index contributed by atoms with van der Waals surface area (Å²) in [6.45, 7) is 5.64. The van der Waals surface area contributed by atoms with E-state index in [0.717, 1.165) is 45.6 Å². The Morgan fingerprint density at radius 2 is 2.47 bits per heavy atom. The second-order valence-electron chi connectivity index (χ2n) is 5.85. The summed E-state index contributed by atoms with van der Waals surface area (Å²) in [5, 5.41) is 3.72. The molecule has 3 unspecified atom stereocenters. The van der Waals surface area contributed by atoms with Crippen LogP contribution in [0.3, 0.4) is 0 Å². The number of ether oxygens (including phenoxy) is 2. The Balaban J connectivity index is 1.51. The molecule has 3 atom stereocenters. The molecular formula is C14H23N3O2. The van der Waals surface area contributed by atoms with Gasteiger partial charge in [0.15, 0.2) is 0 Å². The molecule has 1 N–H and O–H groups in total. The first kappa shape index (κ1) is 13.1. The largest absolute Gasteiger partial charge is 0.378 e. The summed E-state index contributed by atoms with van der Waals surface area (Å²) in [6, 6.07) is 0.977. The summed E-state index contributed by atoms with van der Waals surface area (Å²) in [6.07, 6.45) is 8.91. The smallest absolute Gasteiger partial charge is 0.0951 e. The van der Waals surface area contributed by atoms with Gasteiger partial charge in [0.25, 0.3) is 0 Å². The highest BCUT2D eigenvalue weighted by Gasteiger charge is 2.41. The minimum atomic E-state index is -0.00928. The highest BCUT2D eigenvalue weighted by Crippen LogP contribution is 2.32. The second-order valence-corrected chi connectivity index (χ2v) is 5.85. The van der Waals surface area contributed by atoms with E-state index in [2.05, 4.69) is 21.8 Å². The van der Waals surface area contributed by atoms with E-state index >= 15 is 0 Å². The Bertz CT molecular complexity index is 387. The van der Waals surface area contributed by atoms with Crippen LogP contribution in [0.2, 0.25) is 0 Å². The number of rotatable bonds is 4. The van der Waals surface area contributed by atoms with Crippen LogP contribution in [0.4, 0.5) is 0 Å². The molecule has 0 aliphatic carbocycles. The van der Waals surface area contributed by atoms with Crippen molar-refractivity contribution in [3.05, 3.63) is 18.7 Å². The van der Waals surface area contributed by atoms with E-state index < -0.39 is 0 Å². The van der Waals surface area contributed by atoms with Gasteiger partial charge in [0.1, 0.15) is 0 Å². The van der Waals surface area contributed by atoms with E-state index in [1.165, 1.54) is 0 Å². The zero-order valence-corrected chi connectivity index (χ0v) is 11.5. The summed E-state index contributed by atoms with van der Waals surface area (Å²) in [4.78, 5) is 4.08. The molecule has 3 heterocycles. The van der Waals surface area contributed by atoms with Crippen LogP contribution in [0.25, 0.3) is 0 Å². The van der Waals surface area contributed by atoms with Crippen LogP contribution in [0.5, 0.6) is 0 Å². The Morgan fingerprint density at radius 3 is 3.21 bits per heavy atom. The summed E-state index contributed by atoms with van der Waals surface area (Å²) in [5.74, 6) is 0. The van der Waals surface area contributed by atoms with Gasteiger partial charge < -0.3 is 19.4 Å². The van der Waals surface area contributed by atoms with Gasteiger partial charge in [-0.1, -0.05) is 0 Å². The number of hydrogen-bond acceptors (Lipinski definition) is 4. The zero-order valence-electron chi connectivity index (χ0n) is 11.5. The van der Waals surface area contributed by atoms with Crippen molar-refractivity contribution in [2.45, 2.75) is 50.4 Å². The molecule has 5 heteroatoms. The third-order valence-electron chi connectivity index (χ3n) is 4.12. The third kappa shape index (κ3) is 3.16. The second kappa shape index (κ2) is 5.61. The molecule has 5 nitrogen and oxygen atoms in total. The number of aromatic nitrogens is 2. The average Bonchev–Trinajstić information content (AvgIpc) is 3.02. The standard InChI is InChI=1S/C14H23N3O2/c1-12(9-17-5-4-15-11-17)16-13-2-6-19-14(8-13)3-7-18-10-14/h4-5,11-13,16H,2-3,6-10H2,1H3. The number of nitrogens with zero attached hydrogens (tertiary/aromatic N) is 2. The Hall–Kier alpha value is -0.910. The fourth-order valence-corrected chi connectivity index (χ4v) is 3.20. The molecule has 1 aromatic rings. The van der Waals surface area contributed by atoms with Gasteiger partial charge in [-0.25, -0.2) is 4.98 Å². The van der Waals surface area contributed by atoms with Gasteiger partial charge in [0.2, 0.25) is 0 Å². The fraction of sp³-hybridized carbons (Fsp3) is 0.786. The van der Waals surface area contributed by atoms with Gasteiger partial charge in [-0.05, 0) is 19.8 Å². The van der Waals surface area contributed by atoms with Gasteiger partial charge in [-0.15, -0.1) is 0 Å². The molecule has 3 rings (SSSR count). The third-order valence-corrected chi connectivity index (χ3v) is 4.12. The van der Waals surface area contributed by atoms with Crippen molar-refractivity contribution in [2.24, 2.45) is 0 Å². The van der Waals surface area contributed by atoms with Crippen LogP contribution in [-0.2, 0) is 16.0 Å². The molecule has 2 aliphatic rings. The maximum absolute atomic E-state index is 5.96. The van der Waals surface area contributed by atoms with Crippen LogP contribution in [0, 0.1) is 0 Å². The Labute approximate surface area is 114 Å². The molecule has 106 valence electrons. The van der Waals surface area contributed by atoms with Crippen LogP contribution < -0.4 is 5.32 Å². The number of nitrogens with one attached hydrogen (secondary N) is 1. The predicted molar refractivity (Wildman–Crippen MR) is 72.0 cm³/mol. The molecule has 0 saturated carbocycles. The highest BCUT2D eigenvalue weighted by atomic mass is 16.6. The first-order valence-corrected chi connectivity index (χ1v) is 7.19. The van der Waals surface area contributed by atoms with Gasteiger partial charge in [0, 0.05) is 50.7 Å². The van der Waals surface area contributed by atoms with Crippen molar-refractivity contribution in [3.63, 3.8) is 0 Å². The monoisotopic (exact) mass is 265 g/mol. The van der Waals surface area contributed by atoms with Crippen LogP contribution in [0.1, 0.15) is 26.2 Å². The normalized spacial score (nSPS) is 32.8. The first-order chi connectivity index (χ1) is 9.26. The van der Waals surface area contributed by atoms with Crippen molar-refractivity contribution < 1.29 is 9.47 Å². The molecule has 0 amide bonds. The number of hydrogen-bond donors (Lipinski definition) is 1. The van der Waals surface area contributed by atoms with Crippen molar-refractivity contribution >= 4 is 0 Å². The summed E-state index contributed by atoms with van der Waals surface area (Å²) < 4.78 is 13.6. The fourth-order valence-electron chi connectivity index (χ4n) is 3.20. The van der Waals surface area contributed by atoms with Crippen molar-refractivity contribution in [3.8, 4) is 0 Å². The lowest BCUT2D eigenvalue weighted by Crippen LogP contribution is -2.50. The zero-order chi connectivity index (χ0) is 13.1. The molecule has 2 aliphatic heterocycles. The summed E-state index contributed by atoms with van der Waals surface area (Å²) >= 11 is 0. The molecule has 0 aromatic carbocycles. The molecule has 0 bridgehead atoms. The lowest BCUT2D eigenvalue weighted by Gasteiger charge is -2.38. The van der Waals surface area contributed by atoms with Crippen LogP contribution >= 0.6 is 0 Å². The van der Waals surface area contributed by atoms with Crippen molar-refractivity contribution in [1.29, 1.82) is 0 Å². The van der Waals surface area contributed by atoms with Crippen molar-refractivity contribution in [1.82, 2.24) is 14.9 Å². The summed E-state index contributed by atoms with van der Waals surface area (Å²) in [7, 11) is 0. The van der Waals surface area contributed by atoms with E-state index in [0.29, 0.717) is 12.1 Å². The SMILES string of the molecule is CC(Cn1ccnc1)NC1CCOC2(CCOC2)C1. The quantitative estimate of drug-likeness (QED) is 0.888. The topological polar surface area (TPSA) is 48.3 Å². The van der Waals surface area contributed by atoms with E-state index in [1.54, 1.807) is 0 Å². The Morgan fingerprint density at radius 1 is 1.53 bits per heavy atom. The highest BCUT2D eigenvalue weighted by molar-refractivity contribution is 4.93. The average molecular weight is 265 g/mol. The first-order valence-electron chi connectivity index (χ1n) is 7.19. The molecule has 1 spiro atoms. The Kier molecular flexibility index (Phi) is 3.86. The maximum atomic E-state index is 5.96. The van der Waals surface area contributed by atoms with E-state index in [9.17, 15) is 0 Å². The van der Waals surface area contributed by atoms with Gasteiger partial charge in [0.05, 0.1) is 18.5 Å². The predicted octanol–water partition coefficient (Wildman–Crippen LogP) is 1.20. The van der Waals surface area contributed by atoms with Gasteiger partial charge in [-0.2, -0.15) is 0 Å². The van der Waals surface area contributed by atoms with E-state index in [4.69, 9.17) is 9.47 Å². The van der Waals surface area contributed by atoms with Crippen LogP contribution in [0.15, 0.2) is 18.7 Å².